The minimum Gasteiger partial charge on any atom is -0.383 e. The van der Waals surface area contributed by atoms with Gasteiger partial charge in [-0.1, -0.05) is 32.0 Å². The number of hydrogen-bond donors (Lipinski definition) is 2. The topological polar surface area (TPSA) is 62.9 Å². The Labute approximate surface area is 146 Å². The van der Waals surface area contributed by atoms with Crippen LogP contribution in [0.5, 0.6) is 0 Å². The van der Waals surface area contributed by atoms with Crippen molar-refractivity contribution < 1.29 is 4.74 Å². The van der Waals surface area contributed by atoms with E-state index in [-0.39, 0.29) is 0 Å². The van der Waals surface area contributed by atoms with Gasteiger partial charge in [0, 0.05) is 25.4 Å². The van der Waals surface area contributed by atoms with Crippen molar-refractivity contribution in [1.82, 2.24) is 4.90 Å². The minimum atomic E-state index is 0.479. The zero-order valence-corrected chi connectivity index (χ0v) is 15.3. The molecule has 1 unspecified atom stereocenters. The third kappa shape index (κ3) is 4.95. The molecule has 134 valence electrons. The minimum absolute atomic E-state index is 0.479. The van der Waals surface area contributed by atoms with Gasteiger partial charge in [0.25, 0.3) is 0 Å². The van der Waals surface area contributed by atoms with Gasteiger partial charge >= 0.3 is 0 Å². The fourth-order valence-electron chi connectivity index (χ4n) is 3.38. The summed E-state index contributed by atoms with van der Waals surface area (Å²) in [5, 5.41) is 3.35. The van der Waals surface area contributed by atoms with E-state index in [0.29, 0.717) is 12.0 Å². The van der Waals surface area contributed by atoms with E-state index >= 15 is 0 Å². The van der Waals surface area contributed by atoms with Crippen LogP contribution in [0.4, 0.5) is 5.69 Å². The monoisotopic (exact) mass is 332 g/mol. The molecule has 3 N–H and O–H groups in total. The number of nitrogens with one attached hydrogen (secondary N) is 1. The fourth-order valence-corrected chi connectivity index (χ4v) is 3.38. The summed E-state index contributed by atoms with van der Waals surface area (Å²) in [5.41, 5.74) is 9.88. The number of aliphatic imine (C=N–C) groups is 1. The van der Waals surface area contributed by atoms with Gasteiger partial charge in [0.1, 0.15) is 0 Å². The standard InChI is InChI=1S/C19H32N4O/c1-4-15-8-6-9-16(5-2)18(15)22-19(20)21-14-17-10-7-11-23(17)12-13-24-3/h6,8-9,17H,4-5,7,10-14H2,1-3H3,(H3,20,21,22). The molecule has 24 heavy (non-hydrogen) atoms. The Hall–Kier alpha value is -1.59. The highest BCUT2D eigenvalue weighted by molar-refractivity contribution is 5.93. The van der Waals surface area contributed by atoms with Crippen molar-refractivity contribution in [3.8, 4) is 0 Å². The van der Waals surface area contributed by atoms with Crippen LogP contribution in [0.15, 0.2) is 23.2 Å². The quantitative estimate of drug-likeness (QED) is 0.567. The number of nitrogens with two attached hydrogens (primary N) is 1. The maximum absolute atomic E-state index is 6.17. The summed E-state index contributed by atoms with van der Waals surface area (Å²) in [6, 6.07) is 6.89. The van der Waals surface area contributed by atoms with E-state index < -0.39 is 0 Å². The average Bonchev–Trinajstić information content (AvgIpc) is 3.05. The number of anilines is 1. The first kappa shape index (κ1) is 18.7. The highest BCUT2D eigenvalue weighted by Crippen LogP contribution is 2.22. The molecule has 5 nitrogen and oxygen atoms in total. The summed E-state index contributed by atoms with van der Waals surface area (Å²) in [4.78, 5) is 7.07. The number of rotatable bonds is 8. The smallest absolute Gasteiger partial charge is 0.193 e. The van der Waals surface area contributed by atoms with Crippen LogP contribution in [0.3, 0.4) is 0 Å². The van der Waals surface area contributed by atoms with Gasteiger partial charge < -0.3 is 15.8 Å². The number of methoxy groups -OCH3 is 1. The lowest BCUT2D eigenvalue weighted by Gasteiger charge is -2.22. The van der Waals surface area contributed by atoms with Gasteiger partial charge in [0.05, 0.1) is 13.2 Å². The van der Waals surface area contributed by atoms with Crippen LogP contribution in [0.25, 0.3) is 0 Å². The predicted molar refractivity (Wildman–Crippen MR) is 102 cm³/mol. The largest absolute Gasteiger partial charge is 0.383 e. The van der Waals surface area contributed by atoms with Gasteiger partial charge in [-0.25, -0.2) is 0 Å². The molecule has 5 heteroatoms. The second kappa shape index (κ2) is 9.64. The van der Waals surface area contributed by atoms with E-state index in [2.05, 4.69) is 47.3 Å². The molecular weight excluding hydrogens is 300 g/mol. The Morgan fingerprint density at radius 3 is 2.67 bits per heavy atom. The molecule has 0 spiro atoms. The van der Waals surface area contributed by atoms with Crippen LogP contribution in [0.1, 0.15) is 37.8 Å². The first-order valence-electron chi connectivity index (χ1n) is 9.10. The second-order valence-electron chi connectivity index (χ2n) is 6.33. The summed E-state index contributed by atoms with van der Waals surface area (Å²) >= 11 is 0. The van der Waals surface area contributed by atoms with Gasteiger partial charge in [0.2, 0.25) is 0 Å². The molecule has 1 aliphatic rings. The zero-order valence-electron chi connectivity index (χ0n) is 15.3. The molecule has 1 saturated heterocycles. The second-order valence-corrected chi connectivity index (χ2v) is 6.33. The SMILES string of the molecule is CCc1cccc(CC)c1NC(N)=NCC1CCCN1CCOC. The molecule has 1 aliphatic heterocycles. The average molecular weight is 332 g/mol. The molecule has 0 saturated carbocycles. The van der Waals surface area contributed by atoms with Crippen molar-refractivity contribution in [1.29, 1.82) is 0 Å². The van der Waals surface area contributed by atoms with Crippen molar-refractivity contribution in [2.24, 2.45) is 10.7 Å². The fraction of sp³-hybridized carbons (Fsp3) is 0.632. The maximum atomic E-state index is 6.17. The van der Waals surface area contributed by atoms with E-state index in [1.807, 2.05) is 0 Å². The van der Waals surface area contributed by atoms with Crippen molar-refractivity contribution in [3.63, 3.8) is 0 Å². The van der Waals surface area contributed by atoms with Gasteiger partial charge in [-0.05, 0) is 43.4 Å². The van der Waals surface area contributed by atoms with Crippen LogP contribution in [0, 0.1) is 0 Å². The van der Waals surface area contributed by atoms with Crippen LogP contribution < -0.4 is 11.1 Å². The third-order valence-electron chi connectivity index (χ3n) is 4.81. The predicted octanol–water partition coefficient (Wildman–Crippen LogP) is 2.65. The molecule has 0 radical (unpaired) electrons. The summed E-state index contributed by atoms with van der Waals surface area (Å²) in [6.07, 6.45) is 4.38. The Bertz CT molecular complexity index is 522. The number of hydrogen-bond acceptors (Lipinski definition) is 3. The first-order chi connectivity index (χ1) is 11.7. The molecule has 1 atom stereocenters. The normalized spacial score (nSPS) is 19.0. The van der Waals surface area contributed by atoms with Crippen molar-refractivity contribution >= 4 is 11.6 Å². The highest BCUT2D eigenvalue weighted by Gasteiger charge is 2.23. The number of benzene rings is 1. The summed E-state index contributed by atoms with van der Waals surface area (Å²) in [7, 11) is 1.75. The van der Waals surface area contributed by atoms with E-state index in [1.165, 1.54) is 24.0 Å². The molecule has 2 rings (SSSR count). The Kier molecular flexibility index (Phi) is 7.53. The number of ether oxygens (including phenoxy) is 1. The number of para-hydroxylation sites is 1. The van der Waals surface area contributed by atoms with Crippen molar-refractivity contribution in [2.45, 2.75) is 45.6 Å². The maximum Gasteiger partial charge on any atom is 0.193 e. The Morgan fingerprint density at radius 1 is 1.33 bits per heavy atom. The summed E-state index contributed by atoms with van der Waals surface area (Å²) < 4.78 is 5.19. The van der Waals surface area contributed by atoms with Gasteiger partial charge in [0.15, 0.2) is 5.96 Å². The zero-order chi connectivity index (χ0) is 17.4. The molecular formula is C19H32N4O. The van der Waals surface area contributed by atoms with E-state index in [4.69, 9.17) is 10.5 Å². The molecule has 0 aliphatic carbocycles. The number of aryl methyl sites for hydroxylation is 2. The number of nitrogens with zero attached hydrogens (tertiary/aromatic N) is 2. The van der Waals surface area contributed by atoms with Gasteiger partial charge in [-0.15, -0.1) is 0 Å². The van der Waals surface area contributed by atoms with E-state index in [1.54, 1.807) is 7.11 Å². The lowest BCUT2D eigenvalue weighted by molar-refractivity contribution is 0.143. The van der Waals surface area contributed by atoms with Crippen LogP contribution in [0.2, 0.25) is 0 Å². The highest BCUT2D eigenvalue weighted by atomic mass is 16.5. The Morgan fingerprint density at radius 2 is 2.04 bits per heavy atom. The molecule has 0 amide bonds. The van der Waals surface area contributed by atoms with E-state index in [0.717, 1.165) is 44.8 Å². The van der Waals surface area contributed by atoms with Crippen molar-refractivity contribution in [2.75, 3.05) is 38.7 Å². The molecule has 1 heterocycles. The van der Waals surface area contributed by atoms with Gasteiger partial charge in [-0.3, -0.25) is 9.89 Å². The van der Waals surface area contributed by atoms with Crippen LogP contribution in [-0.4, -0.2) is 50.3 Å². The molecule has 1 aromatic carbocycles. The van der Waals surface area contributed by atoms with Crippen LogP contribution >= 0.6 is 0 Å². The van der Waals surface area contributed by atoms with Gasteiger partial charge in [-0.2, -0.15) is 0 Å². The summed E-state index contributed by atoms with van der Waals surface area (Å²) in [6.45, 7) is 7.97. The lowest BCUT2D eigenvalue weighted by Crippen LogP contribution is -2.35. The van der Waals surface area contributed by atoms with E-state index in [9.17, 15) is 0 Å². The molecule has 1 aromatic rings. The third-order valence-corrected chi connectivity index (χ3v) is 4.81. The number of likely N-dealkylation sites (tertiary alicyclic amines) is 1. The van der Waals surface area contributed by atoms with Crippen molar-refractivity contribution in [3.05, 3.63) is 29.3 Å². The Balaban J connectivity index is 1.99. The first-order valence-corrected chi connectivity index (χ1v) is 9.10. The molecule has 0 bridgehead atoms. The molecule has 1 fully saturated rings. The molecule has 0 aromatic heterocycles. The van der Waals surface area contributed by atoms with Crippen LogP contribution in [-0.2, 0) is 17.6 Å². The lowest BCUT2D eigenvalue weighted by atomic mass is 10.0. The number of guanidine groups is 1. The summed E-state index contributed by atoms with van der Waals surface area (Å²) in [5.74, 6) is 0.518.